The zero-order chi connectivity index (χ0) is 23.0. The highest BCUT2D eigenvalue weighted by Gasteiger charge is 2.26. The normalized spacial score (nSPS) is 12.8. The zero-order valence-corrected chi connectivity index (χ0v) is 20.5. The minimum Gasteiger partial charge on any atom is -0.507 e. The second-order valence-electron chi connectivity index (χ2n) is 11.0. The smallest absolute Gasteiger partial charge is 0.123 e. The minimum absolute atomic E-state index is 0.0189. The van der Waals surface area contributed by atoms with Crippen molar-refractivity contribution in [1.29, 1.82) is 0 Å². The van der Waals surface area contributed by atoms with E-state index in [1.165, 1.54) is 5.56 Å². The van der Waals surface area contributed by atoms with Crippen LogP contribution in [0.5, 0.6) is 5.75 Å². The van der Waals surface area contributed by atoms with E-state index in [1.807, 2.05) is 12.1 Å². The first-order valence-electron chi connectivity index (χ1n) is 11.3. The second-order valence-corrected chi connectivity index (χ2v) is 11.0. The number of phenols is 1. The molecule has 3 rings (SSSR count). The fraction of sp³-hybridized carbons (Fsp3) is 0.464. The van der Waals surface area contributed by atoms with Gasteiger partial charge in [-0.1, -0.05) is 77.9 Å². The molecule has 1 N–H and O–H groups in total. The molecule has 3 heteroatoms. The monoisotopic (exact) mass is 418 g/mol. The van der Waals surface area contributed by atoms with Gasteiger partial charge in [-0.3, -0.25) is 9.88 Å². The Kier molecular flexibility index (Phi) is 6.48. The molecule has 1 heterocycles. The Bertz CT molecular complexity index is 1050. The van der Waals surface area contributed by atoms with Gasteiger partial charge in [0.05, 0.1) is 11.2 Å². The van der Waals surface area contributed by atoms with Crippen LogP contribution < -0.4 is 0 Å². The van der Waals surface area contributed by atoms with Crippen LogP contribution in [0.3, 0.4) is 0 Å². The van der Waals surface area contributed by atoms with Crippen LogP contribution in [0, 0.1) is 0 Å². The van der Waals surface area contributed by atoms with Gasteiger partial charge in [-0.2, -0.15) is 0 Å². The first-order valence-corrected chi connectivity index (χ1v) is 11.3. The third-order valence-electron chi connectivity index (χ3n) is 5.99. The summed E-state index contributed by atoms with van der Waals surface area (Å²) in [6.45, 7) is 19.0. The van der Waals surface area contributed by atoms with E-state index >= 15 is 0 Å². The minimum atomic E-state index is -0.122. The van der Waals surface area contributed by atoms with Gasteiger partial charge in [-0.15, -0.1) is 0 Å². The first-order chi connectivity index (χ1) is 14.4. The Morgan fingerprint density at radius 2 is 1.55 bits per heavy atom. The van der Waals surface area contributed by atoms with Crippen molar-refractivity contribution < 1.29 is 5.11 Å². The lowest BCUT2D eigenvalue weighted by atomic mass is 9.79. The molecule has 0 amide bonds. The lowest BCUT2D eigenvalue weighted by molar-refractivity contribution is 0.198. The van der Waals surface area contributed by atoms with Gasteiger partial charge in [0.25, 0.3) is 0 Å². The molecule has 0 atom stereocenters. The van der Waals surface area contributed by atoms with Gasteiger partial charge < -0.3 is 5.11 Å². The van der Waals surface area contributed by atoms with Crippen LogP contribution in [0.1, 0.15) is 77.8 Å². The number of hydrogen-bond donors (Lipinski definition) is 1. The van der Waals surface area contributed by atoms with Crippen LogP contribution in [0.15, 0.2) is 48.5 Å². The molecule has 0 radical (unpaired) electrons. The lowest BCUT2D eigenvalue weighted by Gasteiger charge is -2.31. The maximum absolute atomic E-state index is 11.2. The molecule has 0 saturated heterocycles. The van der Waals surface area contributed by atoms with Crippen molar-refractivity contribution in [3.63, 3.8) is 0 Å². The molecule has 31 heavy (non-hydrogen) atoms. The van der Waals surface area contributed by atoms with Crippen LogP contribution in [-0.2, 0) is 23.9 Å². The van der Waals surface area contributed by atoms with Crippen molar-refractivity contribution in [3.05, 3.63) is 70.9 Å². The maximum Gasteiger partial charge on any atom is 0.123 e. The Morgan fingerprint density at radius 3 is 2.16 bits per heavy atom. The average molecular weight is 419 g/mol. The second kappa shape index (κ2) is 8.63. The van der Waals surface area contributed by atoms with E-state index in [0.29, 0.717) is 18.3 Å². The summed E-state index contributed by atoms with van der Waals surface area (Å²) in [7, 11) is 0. The van der Waals surface area contributed by atoms with Crippen molar-refractivity contribution in [2.24, 2.45) is 0 Å². The van der Waals surface area contributed by atoms with Crippen molar-refractivity contribution in [1.82, 2.24) is 9.88 Å². The largest absolute Gasteiger partial charge is 0.507 e. The molecule has 0 aliphatic heterocycles. The fourth-order valence-electron chi connectivity index (χ4n) is 3.86. The third-order valence-corrected chi connectivity index (χ3v) is 5.99. The number of aromatic hydroxyl groups is 1. The molecule has 166 valence electrons. The van der Waals surface area contributed by atoms with E-state index in [4.69, 9.17) is 4.98 Å². The van der Waals surface area contributed by atoms with Crippen molar-refractivity contribution in [2.45, 2.75) is 85.4 Å². The van der Waals surface area contributed by atoms with Gasteiger partial charge in [0, 0.05) is 30.1 Å². The number of pyridine rings is 1. The van der Waals surface area contributed by atoms with E-state index in [9.17, 15) is 5.11 Å². The zero-order valence-electron chi connectivity index (χ0n) is 20.5. The SMILES string of the molecule is CC(C)N(Cc1ccc2ccccc2n1)Cc1cc(C(C)(C)C)cc(C(C)(C)C)c1O. The molecule has 0 bridgehead atoms. The Morgan fingerprint density at radius 1 is 0.871 bits per heavy atom. The molecule has 0 spiro atoms. The van der Waals surface area contributed by atoms with Crippen LogP contribution in [0.4, 0.5) is 0 Å². The van der Waals surface area contributed by atoms with Crippen molar-refractivity contribution >= 4 is 10.9 Å². The van der Waals surface area contributed by atoms with E-state index < -0.39 is 0 Å². The molecule has 0 aliphatic carbocycles. The number of aromatic nitrogens is 1. The van der Waals surface area contributed by atoms with E-state index in [2.05, 4.69) is 96.7 Å². The number of nitrogens with zero attached hydrogens (tertiary/aromatic N) is 2. The number of rotatable bonds is 5. The molecule has 3 aromatic rings. The Labute approximate surface area is 188 Å². The van der Waals surface area contributed by atoms with E-state index in [-0.39, 0.29) is 10.8 Å². The highest BCUT2D eigenvalue weighted by Crippen LogP contribution is 2.38. The van der Waals surface area contributed by atoms with Gasteiger partial charge in [0.15, 0.2) is 0 Å². The fourth-order valence-corrected chi connectivity index (χ4v) is 3.86. The molecular weight excluding hydrogens is 380 g/mol. The van der Waals surface area contributed by atoms with Gasteiger partial charge in [0.1, 0.15) is 5.75 Å². The molecule has 0 fully saturated rings. The summed E-state index contributed by atoms with van der Waals surface area (Å²) in [5.41, 5.74) is 5.24. The predicted octanol–water partition coefficient (Wildman–Crippen LogP) is 6.95. The quantitative estimate of drug-likeness (QED) is 0.487. The summed E-state index contributed by atoms with van der Waals surface area (Å²) < 4.78 is 0. The number of hydrogen-bond acceptors (Lipinski definition) is 3. The topological polar surface area (TPSA) is 36.4 Å². The van der Waals surface area contributed by atoms with Crippen molar-refractivity contribution in [2.75, 3.05) is 0 Å². The molecule has 2 aromatic carbocycles. The van der Waals surface area contributed by atoms with E-state index in [1.54, 1.807) is 0 Å². The number of benzene rings is 2. The summed E-state index contributed by atoms with van der Waals surface area (Å²) in [4.78, 5) is 7.25. The molecule has 1 aromatic heterocycles. The highest BCUT2D eigenvalue weighted by molar-refractivity contribution is 5.78. The number of fused-ring (bicyclic) bond motifs is 1. The molecule has 0 unspecified atom stereocenters. The van der Waals surface area contributed by atoms with Crippen molar-refractivity contribution in [3.8, 4) is 5.75 Å². The Hall–Kier alpha value is -2.39. The lowest BCUT2D eigenvalue weighted by Crippen LogP contribution is -2.30. The summed E-state index contributed by atoms with van der Waals surface area (Å²) in [5, 5.41) is 12.4. The summed E-state index contributed by atoms with van der Waals surface area (Å²) in [6.07, 6.45) is 0. The first kappa shape index (κ1) is 23.3. The predicted molar refractivity (Wildman–Crippen MR) is 132 cm³/mol. The molecule has 3 nitrogen and oxygen atoms in total. The van der Waals surface area contributed by atoms with Crippen LogP contribution in [0.25, 0.3) is 10.9 Å². The van der Waals surface area contributed by atoms with Crippen LogP contribution in [0.2, 0.25) is 0 Å². The summed E-state index contributed by atoms with van der Waals surface area (Å²) in [5.74, 6) is 0.428. The molecule has 0 saturated carbocycles. The van der Waals surface area contributed by atoms with E-state index in [0.717, 1.165) is 34.3 Å². The summed E-state index contributed by atoms with van der Waals surface area (Å²) in [6, 6.07) is 17.2. The Balaban J connectivity index is 1.98. The van der Waals surface area contributed by atoms with Crippen LogP contribution in [-0.4, -0.2) is 21.0 Å². The number of phenolic OH excluding ortho intramolecular Hbond substituents is 1. The van der Waals surface area contributed by atoms with Crippen LogP contribution >= 0.6 is 0 Å². The van der Waals surface area contributed by atoms with Gasteiger partial charge in [-0.05, 0) is 47.9 Å². The molecular formula is C28H38N2O. The summed E-state index contributed by atoms with van der Waals surface area (Å²) >= 11 is 0. The maximum atomic E-state index is 11.2. The molecule has 0 aliphatic rings. The van der Waals surface area contributed by atoms with Gasteiger partial charge in [-0.25, -0.2) is 0 Å². The highest BCUT2D eigenvalue weighted by atomic mass is 16.3. The average Bonchev–Trinajstić information content (AvgIpc) is 2.66. The number of para-hydroxylation sites is 1. The third kappa shape index (κ3) is 5.46. The van der Waals surface area contributed by atoms with Gasteiger partial charge in [0.2, 0.25) is 0 Å². The van der Waals surface area contributed by atoms with Gasteiger partial charge >= 0.3 is 0 Å². The standard InChI is InChI=1S/C28H38N2O/c1-19(2)30(18-23-14-13-20-11-9-10-12-25(20)29-23)17-21-15-22(27(3,4)5)16-24(26(21)31)28(6,7)8/h9-16,19,31H,17-18H2,1-8H3.